The standard InChI is InChI=1S/C20H20N4O5/c1-3-23(12-18-21-15-8-6-5-7-14(15)19(25)22-18)20(26)13-9-10-17(29-4-2)16(11-13)24(27)28/h5-11H,3-4,12H2,1-2H3,(H,21,22,25). The van der Waals surface area contributed by atoms with Crippen molar-refractivity contribution in [3.05, 3.63) is 74.3 Å². The summed E-state index contributed by atoms with van der Waals surface area (Å²) in [5.41, 5.74) is 0.133. The SMILES string of the molecule is CCOc1ccc(C(=O)N(CC)Cc2nc3ccccc3c(=O)[nH]2)cc1[N+](=O)[O-]. The van der Waals surface area contributed by atoms with Gasteiger partial charge in [0, 0.05) is 18.2 Å². The fourth-order valence-electron chi connectivity index (χ4n) is 2.97. The van der Waals surface area contributed by atoms with Crippen LogP contribution >= 0.6 is 0 Å². The minimum absolute atomic E-state index is 0.0659. The molecule has 1 amide bonds. The Morgan fingerprint density at radius 2 is 2.00 bits per heavy atom. The summed E-state index contributed by atoms with van der Waals surface area (Å²) in [4.78, 5) is 44.4. The smallest absolute Gasteiger partial charge is 0.311 e. The Balaban J connectivity index is 1.90. The predicted octanol–water partition coefficient (Wildman–Crippen LogP) is 2.89. The lowest BCUT2D eigenvalue weighted by molar-refractivity contribution is -0.385. The summed E-state index contributed by atoms with van der Waals surface area (Å²) in [6, 6.07) is 11.0. The van der Waals surface area contributed by atoms with Gasteiger partial charge in [0.2, 0.25) is 0 Å². The lowest BCUT2D eigenvalue weighted by atomic mass is 10.1. The minimum atomic E-state index is -0.583. The first-order valence-electron chi connectivity index (χ1n) is 9.13. The molecule has 0 bridgehead atoms. The van der Waals surface area contributed by atoms with Crippen LogP contribution in [0, 0.1) is 10.1 Å². The van der Waals surface area contributed by atoms with E-state index >= 15 is 0 Å². The van der Waals surface area contributed by atoms with Gasteiger partial charge < -0.3 is 14.6 Å². The number of nitrogens with zero attached hydrogens (tertiary/aromatic N) is 3. The minimum Gasteiger partial charge on any atom is -0.487 e. The molecule has 29 heavy (non-hydrogen) atoms. The highest BCUT2D eigenvalue weighted by Gasteiger charge is 2.22. The van der Waals surface area contributed by atoms with Gasteiger partial charge >= 0.3 is 5.69 Å². The number of aromatic amines is 1. The molecule has 3 rings (SSSR count). The number of aromatic nitrogens is 2. The summed E-state index contributed by atoms with van der Waals surface area (Å²) in [5.74, 6) is 0.0383. The molecule has 0 fully saturated rings. The van der Waals surface area contributed by atoms with E-state index in [0.29, 0.717) is 23.3 Å². The third-order valence-corrected chi connectivity index (χ3v) is 4.37. The number of nitrogens with one attached hydrogen (secondary N) is 1. The number of ether oxygens (including phenoxy) is 1. The molecule has 0 aliphatic carbocycles. The van der Waals surface area contributed by atoms with Crippen molar-refractivity contribution < 1.29 is 14.5 Å². The zero-order valence-electron chi connectivity index (χ0n) is 16.0. The third kappa shape index (κ3) is 4.23. The van der Waals surface area contributed by atoms with Crippen molar-refractivity contribution in [2.75, 3.05) is 13.2 Å². The van der Waals surface area contributed by atoms with Gasteiger partial charge in [0.05, 0.1) is 29.0 Å². The van der Waals surface area contributed by atoms with Crippen molar-refractivity contribution >= 4 is 22.5 Å². The number of carbonyl (C=O) groups is 1. The van der Waals surface area contributed by atoms with E-state index in [2.05, 4.69) is 9.97 Å². The van der Waals surface area contributed by atoms with Crippen molar-refractivity contribution in [1.29, 1.82) is 0 Å². The van der Waals surface area contributed by atoms with Crippen molar-refractivity contribution in [2.45, 2.75) is 20.4 Å². The predicted molar refractivity (Wildman–Crippen MR) is 107 cm³/mol. The van der Waals surface area contributed by atoms with Crippen molar-refractivity contribution in [3.8, 4) is 5.75 Å². The van der Waals surface area contributed by atoms with E-state index < -0.39 is 10.8 Å². The second kappa shape index (κ2) is 8.51. The van der Waals surface area contributed by atoms with Gasteiger partial charge in [-0.05, 0) is 38.1 Å². The van der Waals surface area contributed by atoms with Crippen LogP contribution in [0.5, 0.6) is 5.75 Å². The van der Waals surface area contributed by atoms with Crippen molar-refractivity contribution in [3.63, 3.8) is 0 Å². The Morgan fingerprint density at radius 1 is 1.24 bits per heavy atom. The summed E-state index contributed by atoms with van der Waals surface area (Å²) in [5, 5.41) is 11.8. The fourth-order valence-corrected chi connectivity index (χ4v) is 2.97. The average molecular weight is 396 g/mol. The second-order valence-electron chi connectivity index (χ2n) is 6.22. The number of fused-ring (bicyclic) bond motifs is 1. The lowest BCUT2D eigenvalue weighted by Gasteiger charge is -2.20. The summed E-state index contributed by atoms with van der Waals surface area (Å²) in [6.07, 6.45) is 0. The van der Waals surface area contributed by atoms with E-state index in [1.807, 2.05) is 0 Å². The number of nitro benzene ring substituents is 1. The molecule has 1 aromatic heterocycles. The summed E-state index contributed by atoms with van der Waals surface area (Å²) >= 11 is 0. The topological polar surface area (TPSA) is 118 Å². The average Bonchev–Trinajstić information content (AvgIpc) is 2.72. The summed E-state index contributed by atoms with van der Waals surface area (Å²) < 4.78 is 5.25. The van der Waals surface area contributed by atoms with E-state index in [9.17, 15) is 19.7 Å². The number of hydrogen-bond donors (Lipinski definition) is 1. The van der Waals surface area contributed by atoms with Crippen LogP contribution in [0.2, 0.25) is 0 Å². The van der Waals surface area contributed by atoms with E-state index in [0.717, 1.165) is 0 Å². The van der Waals surface area contributed by atoms with Gasteiger partial charge in [-0.3, -0.25) is 19.7 Å². The van der Waals surface area contributed by atoms with Gasteiger partial charge in [0.1, 0.15) is 5.82 Å². The largest absolute Gasteiger partial charge is 0.487 e. The Kier molecular flexibility index (Phi) is 5.87. The van der Waals surface area contributed by atoms with Crippen LogP contribution in [0.25, 0.3) is 10.9 Å². The van der Waals surface area contributed by atoms with Crippen LogP contribution < -0.4 is 10.3 Å². The monoisotopic (exact) mass is 396 g/mol. The van der Waals surface area contributed by atoms with Crippen LogP contribution in [0.3, 0.4) is 0 Å². The summed E-state index contributed by atoms with van der Waals surface area (Å²) in [6.45, 7) is 4.17. The molecule has 0 atom stereocenters. The quantitative estimate of drug-likeness (QED) is 0.484. The number of carbonyl (C=O) groups excluding carboxylic acids is 1. The zero-order chi connectivity index (χ0) is 21.0. The van der Waals surface area contributed by atoms with Crippen LogP contribution in [-0.2, 0) is 6.54 Å². The molecule has 0 radical (unpaired) electrons. The first-order chi connectivity index (χ1) is 13.9. The molecular weight excluding hydrogens is 376 g/mol. The Morgan fingerprint density at radius 3 is 2.69 bits per heavy atom. The first kappa shape index (κ1) is 20.0. The van der Waals surface area contributed by atoms with Crippen LogP contribution in [-0.4, -0.2) is 38.8 Å². The highest BCUT2D eigenvalue weighted by molar-refractivity contribution is 5.95. The third-order valence-electron chi connectivity index (χ3n) is 4.37. The highest BCUT2D eigenvalue weighted by atomic mass is 16.6. The molecule has 9 heteroatoms. The summed E-state index contributed by atoms with van der Waals surface area (Å²) in [7, 11) is 0. The number of H-pyrrole nitrogens is 1. The maximum Gasteiger partial charge on any atom is 0.311 e. The molecule has 0 saturated heterocycles. The molecule has 150 valence electrons. The van der Waals surface area contributed by atoms with Gasteiger partial charge in [-0.1, -0.05) is 12.1 Å². The molecular formula is C20H20N4O5. The van der Waals surface area contributed by atoms with Crippen LogP contribution in [0.4, 0.5) is 5.69 Å². The number of benzene rings is 2. The number of amides is 1. The molecule has 0 aliphatic rings. The maximum absolute atomic E-state index is 12.9. The molecule has 1 heterocycles. The van der Waals surface area contributed by atoms with Crippen LogP contribution in [0.15, 0.2) is 47.3 Å². The first-order valence-corrected chi connectivity index (χ1v) is 9.13. The number of rotatable bonds is 7. The Labute approximate surface area is 166 Å². The number of hydrogen-bond acceptors (Lipinski definition) is 6. The van der Waals surface area contributed by atoms with Gasteiger partial charge in [0.25, 0.3) is 11.5 Å². The zero-order valence-corrected chi connectivity index (χ0v) is 16.0. The number of para-hydroxylation sites is 1. The van der Waals surface area contributed by atoms with E-state index in [1.54, 1.807) is 38.1 Å². The van der Waals surface area contributed by atoms with E-state index in [4.69, 9.17) is 4.74 Å². The normalized spacial score (nSPS) is 10.7. The Hall–Kier alpha value is -3.75. The van der Waals surface area contributed by atoms with E-state index in [1.165, 1.54) is 23.1 Å². The molecule has 2 aromatic carbocycles. The molecule has 9 nitrogen and oxygen atoms in total. The van der Waals surface area contributed by atoms with Crippen molar-refractivity contribution in [1.82, 2.24) is 14.9 Å². The van der Waals surface area contributed by atoms with E-state index in [-0.39, 0.29) is 35.7 Å². The maximum atomic E-state index is 12.9. The molecule has 0 unspecified atom stereocenters. The van der Waals surface area contributed by atoms with Gasteiger partial charge in [0.15, 0.2) is 5.75 Å². The molecule has 0 saturated carbocycles. The fraction of sp³-hybridized carbons (Fsp3) is 0.250. The highest BCUT2D eigenvalue weighted by Crippen LogP contribution is 2.28. The molecule has 0 spiro atoms. The molecule has 0 aliphatic heterocycles. The molecule has 3 aromatic rings. The second-order valence-corrected chi connectivity index (χ2v) is 6.22. The lowest BCUT2D eigenvalue weighted by Crippen LogP contribution is -2.32. The Bertz CT molecular complexity index is 1130. The number of nitro groups is 1. The van der Waals surface area contributed by atoms with Gasteiger partial charge in [-0.2, -0.15) is 0 Å². The van der Waals surface area contributed by atoms with Gasteiger partial charge in [-0.25, -0.2) is 4.98 Å². The van der Waals surface area contributed by atoms with Gasteiger partial charge in [-0.15, -0.1) is 0 Å². The van der Waals surface area contributed by atoms with Crippen molar-refractivity contribution in [2.24, 2.45) is 0 Å². The molecule has 1 N–H and O–H groups in total. The van der Waals surface area contributed by atoms with Crippen LogP contribution in [0.1, 0.15) is 30.0 Å².